The molecule has 1 fully saturated rings. The van der Waals surface area contributed by atoms with E-state index in [1.54, 1.807) is 38.5 Å². The summed E-state index contributed by atoms with van der Waals surface area (Å²) in [7, 11) is 3.14. The van der Waals surface area contributed by atoms with Crippen LogP contribution in [-0.2, 0) is 9.59 Å². The van der Waals surface area contributed by atoms with E-state index in [0.29, 0.717) is 22.9 Å². The Kier molecular flexibility index (Phi) is 5.74. The molecule has 1 saturated carbocycles. The van der Waals surface area contributed by atoms with Crippen LogP contribution in [0.3, 0.4) is 0 Å². The number of allylic oxidation sites excluding steroid dienone is 2. The Hall–Kier alpha value is -3.28. The third-order valence-electron chi connectivity index (χ3n) is 6.08. The Balaban J connectivity index is 1.58. The first kappa shape index (κ1) is 20.0. The molecule has 2 aromatic rings. The van der Waals surface area contributed by atoms with Crippen molar-refractivity contribution in [2.75, 3.05) is 24.9 Å². The van der Waals surface area contributed by atoms with Crippen molar-refractivity contribution in [2.45, 2.75) is 12.8 Å². The minimum Gasteiger partial charge on any atom is -0.495 e. The number of hydrogen-bond acceptors (Lipinski definition) is 4. The van der Waals surface area contributed by atoms with Crippen LogP contribution in [0.2, 0.25) is 0 Å². The van der Waals surface area contributed by atoms with Gasteiger partial charge in [0.05, 0.1) is 37.4 Å². The Labute approximate surface area is 176 Å². The van der Waals surface area contributed by atoms with Gasteiger partial charge in [-0.3, -0.25) is 9.59 Å². The molecule has 3 aliphatic carbocycles. The molecule has 0 radical (unpaired) electrons. The Bertz CT molecular complexity index is 894. The van der Waals surface area contributed by atoms with E-state index in [0.717, 1.165) is 12.8 Å². The monoisotopic (exact) mass is 406 g/mol. The molecule has 156 valence electrons. The fourth-order valence-electron chi connectivity index (χ4n) is 4.64. The van der Waals surface area contributed by atoms with E-state index >= 15 is 0 Å². The second-order valence-corrected chi connectivity index (χ2v) is 7.72. The lowest BCUT2D eigenvalue weighted by atomic mass is 9.61. The molecule has 0 unspecified atom stereocenters. The van der Waals surface area contributed by atoms with Crippen LogP contribution in [0, 0.1) is 23.7 Å². The highest BCUT2D eigenvalue weighted by molar-refractivity contribution is 6.01. The van der Waals surface area contributed by atoms with Crippen molar-refractivity contribution in [2.24, 2.45) is 23.7 Å². The van der Waals surface area contributed by atoms with Crippen LogP contribution >= 0.6 is 0 Å². The summed E-state index contributed by atoms with van der Waals surface area (Å²) in [6.45, 7) is 0. The number of para-hydroxylation sites is 4. The number of carbonyl (C=O) groups excluding carboxylic acids is 2. The number of hydrogen-bond donors (Lipinski definition) is 2. The molecule has 3 aliphatic rings. The summed E-state index contributed by atoms with van der Waals surface area (Å²) < 4.78 is 10.7. The van der Waals surface area contributed by atoms with Gasteiger partial charge in [-0.1, -0.05) is 36.4 Å². The molecular weight excluding hydrogens is 380 g/mol. The van der Waals surface area contributed by atoms with E-state index in [1.165, 1.54) is 0 Å². The Morgan fingerprint density at radius 3 is 1.50 bits per heavy atom. The average molecular weight is 406 g/mol. The van der Waals surface area contributed by atoms with Crippen molar-refractivity contribution >= 4 is 23.2 Å². The molecule has 2 amide bonds. The van der Waals surface area contributed by atoms with E-state index in [-0.39, 0.29) is 23.7 Å². The van der Waals surface area contributed by atoms with Gasteiger partial charge in [0.1, 0.15) is 11.5 Å². The molecular formula is C24H26N2O4. The molecule has 5 rings (SSSR count). The number of rotatable bonds is 6. The first-order valence-corrected chi connectivity index (χ1v) is 10.2. The highest BCUT2D eigenvalue weighted by Gasteiger charge is 2.48. The van der Waals surface area contributed by atoms with Crippen LogP contribution in [0.1, 0.15) is 12.8 Å². The van der Waals surface area contributed by atoms with Gasteiger partial charge in [-0.05, 0) is 48.9 Å². The van der Waals surface area contributed by atoms with Crippen LogP contribution < -0.4 is 20.1 Å². The number of fused-ring (bicyclic) bond motifs is 2. The van der Waals surface area contributed by atoms with Gasteiger partial charge >= 0.3 is 0 Å². The second-order valence-electron chi connectivity index (χ2n) is 7.72. The summed E-state index contributed by atoms with van der Waals surface area (Å²) in [6.07, 6.45) is 5.99. The summed E-state index contributed by atoms with van der Waals surface area (Å²) in [6, 6.07) is 14.6. The number of methoxy groups -OCH3 is 2. The maximum absolute atomic E-state index is 13.3. The topological polar surface area (TPSA) is 76.7 Å². The maximum atomic E-state index is 13.3. The Morgan fingerprint density at radius 1 is 0.733 bits per heavy atom. The zero-order valence-corrected chi connectivity index (χ0v) is 17.1. The van der Waals surface area contributed by atoms with Crippen LogP contribution in [0.4, 0.5) is 11.4 Å². The van der Waals surface area contributed by atoms with Crippen LogP contribution in [0.15, 0.2) is 60.7 Å². The van der Waals surface area contributed by atoms with Crippen molar-refractivity contribution in [3.05, 3.63) is 60.7 Å². The maximum Gasteiger partial charge on any atom is 0.229 e. The number of anilines is 2. The van der Waals surface area contributed by atoms with Gasteiger partial charge < -0.3 is 20.1 Å². The normalized spacial score (nSPS) is 24.2. The van der Waals surface area contributed by atoms with E-state index < -0.39 is 11.8 Å². The quantitative estimate of drug-likeness (QED) is 0.708. The van der Waals surface area contributed by atoms with Gasteiger partial charge in [-0.25, -0.2) is 0 Å². The third-order valence-corrected chi connectivity index (χ3v) is 6.08. The summed E-state index contributed by atoms with van der Waals surface area (Å²) in [4.78, 5) is 26.6. The predicted molar refractivity (Wildman–Crippen MR) is 116 cm³/mol. The lowest BCUT2D eigenvalue weighted by Crippen LogP contribution is -2.48. The SMILES string of the molecule is COc1ccccc1NC(=O)[C@H]1[C@H](C(=O)Nc2ccccc2OC)[C@@H]2C=C[C@@H]1CC2. The molecule has 0 saturated heterocycles. The first-order chi connectivity index (χ1) is 14.6. The standard InChI is InChI=1S/C24H26N2O4/c1-29-19-9-5-3-7-17(19)25-23(27)21-15-11-13-16(14-12-15)22(21)24(28)26-18-8-4-6-10-20(18)30-2/h3-11,13,15-16,21-22H,12,14H2,1-2H3,(H,25,27)(H,26,28)/t15-,16-,21-,22-/m1/s1. The van der Waals surface area contributed by atoms with E-state index in [9.17, 15) is 9.59 Å². The molecule has 4 atom stereocenters. The third kappa shape index (κ3) is 3.77. The molecule has 0 heterocycles. The number of nitrogens with one attached hydrogen (secondary N) is 2. The van der Waals surface area contributed by atoms with Crippen molar-refractivity contribution in [1.82, 2.24) is 0 Å². The fourth-order valence-corrected chi connectivity index (χ4v) is 4.64. The van der Waals surface area contributed by atoms with E-state index in [4.69, 9.17) is 9.47 Å². The average Bonchev–Trinajstić information content (AvgIpc) is 2.79. The van der Waals surface area contributed by atoms with Gasteiger partial charge in [-0.15, -0.1) is 0 Å². The summed E-state index contributed by atoms with van der Waals surface area (Å²) in [5.74, 6) is 0.0882. The molecule has 2 bridgehead atoms. The van der Waals surface area contributed by atoms with Crippen molar-refractivity contribution in [1.29, 1.82) is 0 Å². The van der Waals surface area contributed by atoms with Crippen molar-refractivity contribution < 1.29 is 19.1 Å². The molecule has 0 aromatic heterocycles. The second kappa shape index (κ2) is 8.61. The van der Waals surface area contributed by atoms with Gasteiger partial charge in [0.25, 0.3) is 0 Å². The highest BCUT2D eigenvalue weighted by Crippen LogP contribution is 2.46. The minimum atomic E-state index is -0.437. The largest absolute Gasteiger partial charge is 0.495 e. The van der Waals surface area contributed by atoms with Crippen LogP contribution in [0.25, 0.3) is 0 Å². The number of carbonyl (C=O) groups is 2. The molecule has 6 heteroatoms. The van der Waals surface area contributed by atoms with Crippen LogP contribution in [-0.4, -0.2) is 26.0 Å². The molecule has 0 spiro atoms. The van der Waals surface area contributed by atoms with Gasteiger partial charge in [0.15, 0.2) is 0 Å². The lowest BCUT2D eigenvalue weighted by molar-refractivity contribution is -0.134. The van der Waals surface area contributed by atoms with Gasteiger partial charge in [-0.2, -0.15) is 0 Å². The molecule has 2 N–H and O–H groups in total. The highest BCUT2D eigenvalue weighted by atomic mass is 16.5. The zero-order chi connectivity index (χ0) is 21.1. The predicted octanol–water partition coefficient (Wildman–Crippen LogP) is 4.11. The van der Waals surface area contributed by atoms with Gasteiger partial charge in [0.2, 0.25) is 11.8 Å². The minimum absolute atomic E-state index is 0.0399. The molecule has 6 nitrogen and oxygen atoms in total. The number of amides is 2. The Morgan fingerprint density at radius 2 is 1.13 bits per heavy atom. The molecule has 2 aromatic carbocycles. The van der Waals surface area contributed by atoms with Crippen molar-refractivity contribution in [3.8, 4) is 11.5 Å². The smallest absolute Gasteiger partial charge is 0.229 e. The van der Waals surface area contributed by atoms with Crippen molar-refractivity contribution in [3.63, 3.8) is 0 Å². The molecule has 0 aliphatic heterocycles. The molecule has 30 heavy (non-hydrogen) atoms. The summed E-state index contributed by atoms with van der Waals surface area (Å²) in [5, 5.41) is 5.97. The summed E-state index contributed by atoms with van der Waals surface area (Å²) >= 11 is 0. The van der Waals surface area contributed by atoms with Gasteiger partial charge in [0, 0.05) is 0 Å². The van der Waals surface area contributed by atoms with E-state index in [1.807, 2.05) is 24.3 Å². The lowest BCUT2D eigenvalue weighted by Gasteiger charge is -2.43. The fraction of sp³-hybridized carbons (Fsp3) is 0.333. The van der Waals surface area contributed by atoms with Crippen LogP contribution in [0.5, 0.6) is 11.5 Å². The zero-order valence-electron chi connectivity index (χ0n) is 17.1. The van der Waals surface area contributed by atoms with E-state index in [2.05, 4.69) is 22.8 Å². The first-order valence-electron chi connectivity index (χ1n) is 10.2. The number of ether oxygens (including phenoxy) is 2. The summed E-state index contributed by atoms with van der Waals surface area (Å²) in [5.41, 5.74) is 1.22. The number of benzene rings is 2.